The first kappa shape index (κ1) is 13.1. The zero-order chi connectivity index (χ0) is 14.4. The second kappa shape index (κ2) is 4.73. The van der Waals surface area contributed by atoms with E-state index in [2.05, 4.69) is 41.4 Å². The molecule has 1 saturated heterocycles. The van der Waals surface area contributed by atoms with E-state index in [1.54, 1.807) is 0 Å². The fourth-order valence-electron chi connectivity index (χ4n) is 3.44. The highest BCUT2D eigenvalue weighted by Crippen LogP contribution is 2.75. The summed E-state index contributed by atoms with van der Waals surface area (Å²) < 4.78 is 5.43. The molecule has 1 aliphatic heterocycles. The first-order chi connectivity index (χ1) is 10.2. The third kappa shape index (κ3) is 2.22. The molecule has 1 aromatic carbocycles. The van der Waals surface area contributed by atoms with Gasteiger partial charge in [-0.05, 0) is 37.3 Å². The van der Waals surface area contributed by atoms with Crippen molar-refractivity contribution in [2.75, 3.05) is 31.2 Å². The molecule has 1 unspecified atom stereocenters. The van der Waals surface area contributed by atoms with E-state index in [1.165, 1.54) is 11.3 Å². The van der Waals surface area contributed by atoms with Crippen LogP contribution in [-0.4, -0.2) is 32.2 Å². The first-order valence-electron chi connectivity index (χ1n) is 7.93. The molecule has 4 rings (SSSR count). The van der Waals surface area contributed by atoms with Crippen molar-refractivity contribution in [3.8, 4) is 0 Å². The van der Waals surface area contributed by atoms with Crippen LogP contribution >= 0.6 is 0 Å². The Labute approximate surface area is 125 Å². The van der Waals surface area contributed by atoms with Crippen molar-refractivity contribution in [2.45, 2.75) is 25.8 Å². The Morgan fingerprint density at radius 3 is 2.67 bits per heavy atom. The molecule has 1 N–H and O–H groups in total. The highest BCUT2D eigenvalue weighted by atomic mass is 16.5. The van der Waals surface area contributed by atoms with Crippen molar-refractivity contribution in [2.24, 2.45) is 11.3 Å². The molecule has 0 radical (unpaired) electrons. The van der Waals surface area contributed by atoms with Crippen LogP contribution in [0, 0.1) is 11.3 Å². The second-order valence-electron chi connectivity index (χ2n) is 6.61. The molecule has 0 bridgehead atoms. The molecule has 2 saturated carbocycles. The monoisotopic (exact) mass is 286 g/mol. The van der Waals surface area contributed by atoms with Crippen LogP contribution in [0.3, 0.4) is 0 Å². The van der Waals surface area contributed by atoms with Gasteiger partial charge in [-0.15, -0.1) is 0 Å². The minimum atomic E-state index is 0.0438. The van der Waals surface area contributed by atoms with Crippen molar-refractivity contribution >= 4 is 11.6 Å². The van der Waals surface area contributed by atoms with E-state index in [-0.39, 0.29) is 17.4 Å². The summed E-state index contributed by atoms with van der Waals surface area (Å²) in [6.45, 7) is 5.49. The van der Waals surface area contributed by atoms with Gasteiger partial charge < -0.3 is 15.0 Å². The number of hydrogen-bond donors (Lipinski definition) is 1. The van der Waals surface area contributed by atoms with E-state index in [9.17, 15) is 4.79 Å². The number of morpholine rings is 1. The molecule has 4 heteroatoms. The van der Waals surface area contributed by atoms with Gasteiger partial charge in [0.25, 0.3) is 0 Å². The lowest BCUT2D eigenvalue weighted by Gasteiger charge is -2.32. The summed E-state index contributed by atoms with van der Waals surface area (Å²) in [5.74, 6) is 0.955. The molecule has 3 aliphatic rings. The van der Waals surface area contributed by atoms with Crippen LogP contribution in [-0.2, 0) is 9.53 Å². The maximum absolute atomic E-state index is 12.3. The van der Waals surface area contributed by atoms with E-state index in [0.29, 0.717) is 5.92 Å². The van der Waals surface area contributed by atoms with Crippen molar-refractivity contribution < 1.29 is 9.53 Å². The van der Waals surface area contributed by atoms with Crippen molar-refractivity contribution in [3.63, 3.8) is 0 Å². The van der Waals surface area contributed by atoms with Crippen LogP contribution in [0.5, 0.6) is 0 Å². The van der Waals surface area contributed by atoms with Gasteiger partial charge in [0.2, 0.25) is 5.91 Å². The minimum absolute atomic E-state index is 0.0438. The van der Waals surface area contributed by atoms with Gasteiger partial charge in [0.05, 0.1) is 24.7 Å². The number of nitrogens with zero attached hydrogens (tertiary/aromatic N) is 1. The topological polar surface area (TPSA) is 41.6 Å². The zero-order valence-corrected chi connectivity index (χ0v) is 12.5. The molecule has 4 nitrogen and oxygen atoms in total. The summed E-state index contributed by atoms with van der Waals surface area (Å²) in [4.78, 5) is 14.7. The van der Waals surface area contributed by atoms with Crippen LogP contribution < -0.4 is 10.2 Å². The number of carbonyl (C=O) groups is 1. The molecule has 0 spiro atoms. The lowest BCUT2D eigenvalue weighted by atomic mass is 10.0. The van der Waals surface area contributed by atoms with Gasteiger partial charge >= 0.3 is 0 Å². The van der Waals surface area contributed by atoms with E-state index in [4.69, 9.17) is 4.74 Å². The Bertz CT molecular complexity index is 560. The molecule has 2 aliphatic carbocycles. The molecule has 3 fully saturated rings. The zero-order valence-electron chi connectivity index (χ0n) is 12.5. The molecule has 1 atom stereocenters. The Balaban J connectivity index is 1.51. The summed E-state index contributed by atoms with van der Waals surface area (Å²) in [5.41, 5.74) is 2.48. The number of hydrogen-bond acceptors (Lipinski definition) is 3. The second-order valence-corrected chi connectivity index (χ2v) is 6.61. The summed E-state index contributed by atoms with van der Waals surface area (Å²) in [7, 11) is 0. The normalized spacial score (nSPS) is 31.3. The van der Waals surface area contributed by atoms with Gasteiger partial charge in [0, 0.05) is 18.8 Å². The molecule has 1 heterocycles. The van der Waals surface area contributed by atoms with Gasteiger partial charge in [0.15, 0.2) is 0 Å². The molecular weight excluding hydrogens is 264 g/mol. The number of fused-ring (bicyclic) bond motifs is 1. The Hall–Kier alpha value is -1.55. The van der Waals surface area contributed by atoms with Crippen LogP contribution in [0.2, 0.25) is 0 Å². The molecule has 21 heavy (non-hydrogen) atoms. The standard InChI is InChI=1S/C17H22N2O2/c1-12(18-16(20)17-10-13(17)11-17)14-4-2-3-5-15(14)19-6-8-21-9-7-19/h2-5,12-13H,6-11H2,1H3,(H,18,20). The first-order valence-corrected chi connectivity index (χ1v) is 7.93. The maximum Gasteiger partial charge on any atom is 0.226 e. The number of anilines is 1. The smallest absolute Gasteiger partial charge is 0.226 e. The number of amides is 1. The number of rotatable bonds is 4. The van der Waals surface area contributed by atoms with E-state index >= 15 is 0 Å². The number of benzene rings is 1. The van der Waals surface area contributed by atoms with Gasteiger partial charge in [-0.2, -0.15) is 0 Å². The molecule has 1 aromatic rings. The number of nitrogens with one attached hydrogen (secondary N) is 1. The minimum Gasteiger partial charge on any atom is -0.378 e. The molecular formula is C17H22N2O2. The third-order valence-electron chi connectivity index (χ3n) is 5.24. The highest BCUT2D eigenvalue weighted by Gasteiger charge is 2.74. The maximum atomic E-state index is 12.3. The van der Waals surface area contributed by atoms with Crippen molar-refractivity contribution in [1.29, 1.82) is 0 Å². The van der Waals surface area contributed by atoms with Crippen LogP contribution in [0.4, 0.5) is 5.69 Å². The fourth-order valence-corrected chi connectivity index (χ4v) is 3.44. The van der Waals surface area contributed by atoms with E-state index in [1.807, 2.05) is 0 Å². The predicted octanol–water partition coefficient (Wildman–Crippen LogP) is 2.11. The van der Waals surface area contributed by atoms with E-state index in [0.717, 1.165) is 39.1 Å². The van der Waals surface area contributed by atoms with Gasteiger partial charge in [-0.1, -0.05) is 18.2 Å². The summed E-state index contributed by atoms with van der Waals surface area (Å²) in [6.07, 6.45) is 2.22. The van der Waals surface area contributed by atoms with Crippen molar-refractivity contribution in [3.05, 3.63) is 29.8 Å². The quantitative estimate of drug-likeness (QED) is 0.921. The lowest BCUT2D eigenvalue weighted by Crippen LogP contribution is -2.38. The fraction of sp³-hybridized carbons (Fsp3) is 0.588. The van der Waals surface area contributed by atoms with Gasteiger partial charge in [-0.3, -0.25) is 4.79 Å². The molecule has 112 valence electrons. The van der Waals surface area contributed by atoms with E-state index < -0.39 is 0 Å². The summed E-state index contributed by atoms with van der Waals surface area (Å²) in [6, 6.07) is 8.47. The number of para-hydroxylation sites is 1. The van der Waals surface area contributed by atoms with Crippen LogP contribution in [0.15, 0.2) is 24.3 Å². The average Bonchev–Trinajstić information content (AvgIpc) is 3.38. The molecule has 0 aromatic heterocycles. The Kier molecular flexibility index (Phi) is 2.96. The van der Waals surface area contributed by atoms with Gasteiger partial charge in [-0.25, -0.2) is 0 Å². The van der Waals surface area contributed by atoms with Crippen LogP contribution in [0.25, 0.3) is 0 Å². The van der Waals surface area contributed by atoms with Gasteiger partial charge in [0.1, 0.15) is 0 Å². The molecule has 1 amide bonds. The number of ether oxygens (including phenoxy) is 1. The Morgan fingerprint density at radius 2 is 2.00 bits per heavy atom. The largest absolute Gasteiger partial charge is 0.378 e. The summed E-state index contributed by atoms with van der Waals surface area (Å²) in [5, 5.41) is 3.22. The van der Waals surface area contributed by atoms with Crippen molar-refractivity contribution in [1.82, 2.24) is 5.32 Å². The average molecular weight is 286 g/mol. The predicted molar refractivity (Wildman–Crippen MR) is 81.2 cm³/mol. The Morgan fingerprint density at radius 1 is 1.33 bits per heavy atom. The SMILES string of the molecule is CC(NC(=O)C12CC1C2)c1ccccc1N1CCOCC1. The summed E-state index contributed by atoms with van der Waals surface area (Å²) >= 11 is 0. The number of carbonyl (C=O) groups excluding carboxylic acids is 1. The lowest BCUT2D eigenvalue weighted by molar-refractivity contribution is -0.124. The third-order valence-corrected chi connectivity index (χ3v) is 5.24. The van der Waals surface area contributed by atoms with Crippen LogP contribution in [0.1, 0.15) is 31.4 Å². The highest BCUT2D eigenvalue weighted by molar-refractivity contribution is 5.90.